The molecule has 0 N–H and O–H groups in total. The first-order valence-electron chi connectivity index (χ1n) is 17.0. The molecule has 0 aliphatic carbocycles. The summed E-state index contributed by atoms with van der Waals surface area (Å²) in [5.74, 6) is 1.86. The molecule has 5 nitrogen and oxygen atoms in total. The highest BCUT2D eigenvalue weighted by molar-refractivity contribution is 6.15. The van der Waals surface area contributed by atoms with Gasteiger partial charge in [0.25, 0.3) is 0 Å². The average Bonchev–Trinajstić information content (AvgIpc) is 3.59. The van der Waals surface area contributed by atoms with E-state index in [1.54, 1.807) is 0 Å². The van der Waals surface area contributed by atoms with Gasteiger partial charge in [-0.15, -0.1) is 0 Å². The van der Waals surface area contributed by atoms with E-state index >= 15 is 0 Å². The molecule has 3 aromatic heterocycles. The number of rotatable bonds is 5. The van der Waals surface area contributed by atoms with E-state index in [0.717, 1.165) is 82.6 Å². The van der Waals surface area contributed by atoms with Gasteiger partial charge in [-0.05, 0) is 58.5 Å². The van der Waals surface area contributed by atoms with Gasteiger partial charge >= 0.3 is 0 Å². The van der Waals surface area contributed by atoms with E-state index in [0.29, 0.717) is 17.5 Å². The van der Waals surface area contributed by atoms with Crippen LogP contribution >= 0.6 is 0 Å². The predicted molar refractivity (Wildman–Crippen MR) is 207 cm³/mol. The molecule has 0 saturated heterocycles. The number of aromatic nitrogens is 4. The molecule has 0 aliphatic rings. The minimum atomic E-state index is 0.606. The maximum Gasteiger partial charge on any atom is 0.164 e. The molecule has 0 fully saturated rings. The largest absolute Gasteiger partial charge is 0.455 e. The number of nitrogens with zero attached hydrogens (tertiary/aromatic N) is 4. The Hall–Kier alpha value is -6.98. The topological polar surface area (TPSA) is 64.7 Å². The molecular formula is C46H28N4O. The Balaban J connectivity index is 1.21. The second-order valence-corrected chi connectivity index (χ2v) is 12.7. The van der Waals surface area contributed by atoms with Crippen molar-refractivity contribution in [3.05, 3.63) is 170 Å². The number of fused-ring (bicyclic) bond motifs is 6. The molecule has 0 bridgehead atoms. The van der Waals surface area contributed by atoms with Crippen LogP contribution in [0.4, 0.5) is 0 Å². The van der Waals surface area contributed by atoms with Crippen molar-refractivity contribution < 1.29 is 4.42 Å². The summed E-state index contributed by atoms with van der Waals surface area (Å²) in [4.78, 5) is 19.7. The molecule has 10 aromatic rings. The quantitative estimate of drug-likeness (QED) is 0.173. The summed E-state index contributed by atoms with van der Waals surface area (Å²) in [6.45, 7) is 0. The minimum absolute atomic E-state index is 0.606. The molecule has 10 rings (SSSR count). The Morgan fingerprint density at radius 3 is 1.73 bits per heavy atom. The van der Waals surface area contributed by atoms with Crippen molar-refractivity contribution in [3.8, 4) is 56.4 Å². The first kappa shape index (κ1) is 29.0. The zero-order chi connectivity index (χ0) is 33.7. The number of para-hydroxylation sites is 1. The van der Waals surface area contributed by atoms with Gasteiger partial charge in [-0.2, -0.15) is 0 Å². The highest BCUT2D eigenvalue weighted by Gasteiger charge is 2.19. The van der Waals surface area contributed by atoms with E-state index in [4.69, 9.17) is 24.4 Å². The van der Waals surface area contributed by atoms with Crippen molar-refractivity contribution in [3.63, 3.8) is 0 Å². The third-order valence-corrected chi connectivity index (χ3v) is 9.53. The summed E-state index contributed by atoms with van der Waals surface area (Å²) in [7, 11) is 0. The van der Waals surface area contributed by atoms with E-state index in [1.165, 1.54) is 0 Å². The fourth-order valence-electron chi connectivity index (χ4n) is 7.12. The van der Waals surface area contributed by atoms with E-state index in [2.05, 4.69) is 84.9 Å². The van der Waals surface area contributed by atoms with Crippen molar-refractivity contribution in [2.45, 2.75) is 0 Å². The van der Waals surface area contributed by atoms with Crippen LogP contribution in [0.5, 0.6) is 0 Å². The Morgan fingerprint density at radius 2 is 0.980 bits per heavy atom. The molecule has 0 spiro atoms. The summed E-state index contributed by atoms with van der Waals surface area (Å²) in [6, 6.07) is 56.2. The third kappa shape index (κ3) is 5.03. The van der Waals surface area contributed by atoms with Crippen LogP contribution in [0.2, 0.25) is 0 Å². The second kappa shape index (κ2) is 11.9. The van der Waals surface area contributed by atoms with Crippen LogP contribution in [0.3, 0.4) is 0 Å². The molecule has 0 saturated carbocycles. The third-order valence-electron chi connectivity index (χ3n) is 9.53. The molecule has 5 heteroatoms. The fraction of sp³-hybridized carbons (Fsp3) is 0. The lowest BCUT2D eigenvalue weighted by Crippen LogP contribution is -2.00. The van der Waals surface area contributed by atoms with E-state index in [9.17, 15) is 0 Å². The number of furan rings is 1. The molecular weight excluding hydrogens is 625 g/mol. The van der Waals surface area contributed by atoms with Crippen LogP contribution in [0.1, 0.15) is 0 Å². The van der Waals surface area contributed by atoms with E-state index in [-0.39, 0.29) is 0 Å². The predicted octanol–water partition coefficient (Wildman–Crippen LogP) is 11.8. The van der Waals surface area contributed by atoms with Gasteiger partial charge in [0.2, 0.25) is 0 Å². The first-order valence-corrected chi connectivity index (χ1v) is 17.0. The molecule has 3 heterocycles. The van der Waals surface area contributed by atoms with Crippen molar-refractivity contribution in [2.75, 3.05) is 0 Å². The summed E-state index contributed by atoms with van der Waals surface area (Å²) >= 11 is 0. The van der Waals surface area contributed by atoms with Gasteiger partial charge in [0.15, 0.2) is 17.5 Å². The molecule has 0 atom stereocenters. The summed E-state index contributed by atoms with van der Waals surface area (Å²) < 4.78 is 6.63. The van der Waals surface area contributed by atoms with Crippen molar-refractivity contribution in [2.24, 2.45) is 0 Å². The van der Waals surface area contributed by atoms with Crippen LogP contribution in [0, 0.1) is 0 Å². The number of hydrogen-bond acceptors (Lipinski definition) is 5. The van der Waals surface area contributed by atoms with Crippen LogP contribution in [0.15, 0.2) is 174 Å². The first-order chi connectivity index (χ1) is 25.3. The molecule has 7 aromatic carbocycles. The summed E-state index contributed by atoms with van der Waals surface area (Å²) in [5.41, 5.74) is 9.71. The Kier molecular flexibility index (Phi) is 6.74. The smallest absolute Gasteiger partial charge is 0.164 e. The monoisotopic (exact) mass is 652 g/mol. The maximum absolute atomic E-state index is 6.63. The Morgan fingerprint density at radius 1 is 0.373 bits per heavy atom. The summed E-state index contributed by atoms with van der Waals surface area (Å²) in [6.07, 6.45) is 1.86. The number of hydrogen-bond donors (Lipinski definition) is 0. The van der Waals surface area contributed by atoms with Crippen LogP contribution < -0.4 is 0 Å². The zero-order valence-corrected chi connectivity index (χ0v) is 27.4. The van der Waals surface area contributed by atoms with Gasteiger partial charge in [0.1, 0.15) is 11.2 Å². The molecule has 0 aliphatic heterocycles. The fourth-order valence-corrected chi connectivity index (χ4v) is 7.12. The van der Waals surface area contributed by atoms with Crippen molar-refractivity contribution >= 4 is 43.6 Å². The lowest BCUT2D eigenvalue weighted by atomic mass is 9.91. The second-order valence-electron chi connectivity index (χ2n) is 12.7. The average molecular weight is 653 g/mol. The molecule has 0 amide bonds. The number of benzene rings is 7. The molecule has 238 valence electrons. The van der Waals surface area contributed by atoms with Crippen molar-refractivity contribution in [1.82, 2.24) is 19.9 Å². The van der Waals surface area contributed by atoms with Crippen LogP contribution in [-0.4, -0.2) is 19.9 Å². The maximum atomic E-state index is 6.63. The van der Waals surface area contributed by atoms with Gasteiger partial charge < -0.3 is 4.42 Å². The van der Waals surface area contributed by atoms with Crippen LogP contribution in [0.25, 0.3) is 100 Å². The Bertz CT molecular complexity index is 2860. The highest BCUT2D eigenvalue weighted by Crippen LogP contribution is 2.42. The SMILES string of the molecule is c1ccc(-c2nc(-c3ccccc3)nc(-c3cccc(-c4cc(-c5cc6cccnc6c6ccccc56)cc5c4oc4ccccc45)c3)n2)cc1. The van der Waals surface area contributed by atoms with E-state index in [1.807, 2.05) is 85.1 Å². The van der Waals surface area contributed by atoms with Gasteiger partial charge in [0.05, 0.1) is 5.52 Å². The van der Waals surface area contributed by atoms with Gasteiger partial charge in [-0.25, -0.2) is 15.0 Å². The molecule has 51 heavy (non-hydrogen) atoms. The standard InChI is InChI=1S/C46H28N4O/c1-3-13-29(14-4-1)44-48-45(30-15-5-2-6-16-30)50-46(49-44)33-18-11-17-31(25-33)39-27-34(28-40-36-21-9-10-23-41(36)51-43(39)40)38-26-32-19-12-24-47-42(32)37-22-8-7-20-35(37)38/h1-28H. The lowest BCUT2D eigenvalue weighted by Gasteiger charge is -2.13. The molecule has 0 radical (unpaired) electrons. The zero-order valence-electron chi connectivity index (χ0n) is 27.4. The minimum Gasteiger partial charge on any atom is -0.455 e. The Labute approximate surface area is 293 Å². The highest BCUT2D eigenvalue weighted by atomic mass is 16.3. The van der Waals surface area contributed by atoms with Crippen molar-refractivity contribution in [1.29, 1.82) is 0 Å². The van der Waals surface area contributed by atoms with E-state index < -0.39 is 0 Å². The summed E-state index contributed by atoms with van der Waals surface area (Å²) in [5, 5.41) is 5.53. The lowest BCUT2D eigenvalue weighted by molar-refractivity contribution is 0.670. The molecule has 0 unspecified atom stereocenters. The number of pyridine rings is 1. The normalized spacial score (nSPS) is 11.5. The van der Waals surface area contributed by atoms with Gasteiger partial charge in [-0.3, -0.25) is 4.98 Å². The van der Waals surface area contributed by atoms with Gasteiger partial charge in [-0.1, -0.05) is 127 Å². The van der Waals surface area contributed by atoms with Gasteiger partial charge in [0, 0.05) is 50.0 Å². The van der Waals surface area contributed by atoms with Crippen LogP contribution in [-0.2, 0) is 0 Å².